The molecule has 0 aromatic rings. The number of rotatable bonds is 9. The first-order valence-electron chi connectivity index (χ1n) is 9.02. The number of hydrogen-bond acceptors (Lipinski definition) is 2. The molecule has 0 radical (unpaired) electrons. The van der Waals surface area contributed by atoms with Gasteiger partial charge < -0.3 is 8.85 Å². The molecule has 0 aromatic heterocycles. The molecule has 5 heteroatoms. The lowest BCUT2D eigenvalue weighted by Gasteiger charge is -2.40. The summed E-state index contributed by atoms with van der Waals surface area (Å²) >= 11 is 2.47. The van der Waals surface area contributed by atoms with Crippen LogP contribution in [0.1, 0.15) is 60.8 Å². The largest absolute Gasteiger partial charge is 0.417 e. The van der Waals surface area contributed by atoms with Gasteiger partial charge in [-0.1, -0.05) is 64.1 Å². The van der Waals surface area contributed by atoms with Crippen LogP contribution in [0.2, 0.25) is 36.3 Å². The maximum Gasteiger partial charge on any atom is 0.192 e. The van der Waals surface area contributed by atoms with Crippen molar-refractivity contribution in [2.75, 3.05) is 11.0 Å². The van der Waals surface area contributed by atoms with Gasteiger partial charge in [0.25, 0.3) is 0 Å². The molecule has 0 heterocycles. The van der Waals surface area contributed by atoms with Gasteiger partial charge >= 0.3 is 0 Å². The fourth-order valence-corrected chi connectivity index (χ4v) is 4.75. The van der Waals surface area contributed by atoms with Crippen LogP contribution in [-0.4, -0.2) is 33.8 Å². The zero-order valence-corrected chi connectivity index (χ0v) is 21.5. The van der Waals surface area contributed by atoms with Gasteiger partial charge in [0.15, 0.2) is 16.6 Å². The van der Waals surface area contributed by atoms with Crippen LogP contribution in [0.4, 0.5) is 0 Å². The Balaban J connectivity index is 4.70. The Bertz CT molecular complexity index is 344. The monoisotopic (exact) mass is 472 g/mol. The second-order valence-corrected chi connectivity index (χ2v) is 20.4. The maximum atomic E-state index is 6.68. The molecule has 140 valence electrons. The SMILES string of the molecule is CC(C)(C)[Si](C)(C)OCCC(CCCI)O[Si](C)(C)C(C)(C)C. The fourth-order valence-electron chi connectivity index (χ4n) is 1.82. The summed E-state index contributed by atoms with van der Waals surface area (Å²) in [7, 11) is -3.34. The first-order chi connectivity index (χ1) is 10.1. The lowest BCUT2D eigenvalue weighted by molar-refractivity contribution is 0.133. The Hall–Kier alpha value is 1.08. The quantitative estimate of drug-likeness (QED) is 0.204. The normalized spacial score (nSPS) is 15.8. The molecule has 0 spiro atoms. The third kappa shape index (κ3) is 8.34. The molecule has 0 rings (SSSR count). The van der Waals surface area contributed by atoms with E-state index in [2.05, 4.69) is 90.3 Å². The highest BCUT2D eigenvalue weighted by Gasteiger charge is 2.40. The molecule has 0 fully saturated rings. The van der Waals surface area contributed by atoms with Crippen LogP contribution in [0.15, 0.2) is 0 Å². The minimum atomic E-state index is -1.70. The molecular formula is C18H41IO2Si2. The van der Waals surface area contributed by atoms with E-state index in [4.69, 9.17) is 8.85 Å². The number of alkyl halides is 1. The Kier molecular flexibility index (Phi) is 9.58. The number of halogens is 1. The molecule has 0 aliphatic heterocycles. The van der Waals surface area contributed by atoms with Crippen molar-refractivity contribution in [3.8, 4) is 0 Å². The van der Waals surface area contributed by atoms with Crippen molar-refractivity contribution in [3.05, 3.63) is 0 Å². The topological polar surface area (TPSA) is 18.5 Å². The lowest BCUT2D eigenvalue weighted by atomic mass is 10.1. The molecule has 0 amide bonds. The van der Waals surface area contributed by atoms with Crippen LogP contribution < -0.4 is 0 Å². The molecule has 0 N–H and O–H groups in total. The van der Waals surface area contributed by atoms with Gasteiger partial charge in [-0.2, -0.15) is 0 Å². The van der Waals surface area contributed by atoms with Gasteiger partial charge in [-0.25, -0.2) is 0 Å². The van der Waals surface area contributed by atoms with E-state index in [1.165, 1.54) is 10.8 Å². The van der Waals surface area contributed by atoms with E-state index in [0.717, 1.165) is 19.4 Å². The van der Waals surface area contributed by atoms with Gasteiger partial charge in [-0.3, -0.25) is 0 Å². The van der Waals surface area contributed by atoms with Crippen LogP contribution in [0.25, 0.3) is 0 Å². The van der Waals surface area contributed by atoms with E-state index in [-0.39, 0.29) is 10.1 Å². The second kappa shape index (κ2) is 9.15. The summed E-state index contributed by atoms with van der Waals surface area (Å²) in [6, 6.07) is 0. The molecule has 0 saturated heterocycles. The summed E-state index contributed by atoms with van der Waals surface area (Å²) in [5.41, 5.74) is 0. The van der Waals surface area contributed by atoms with Crippen LogP contribution in [0, 0.1) is 0 Å². The van der Waals surface area contributed by atoms with Gasteiger partial charge in [0.2, 0.25) is 0 Å². The smallest absolute Gasteiger partial charge is 0.192 e. The van der Waals surface area contributed by atoms with Crippen molar-refractivity contribution < 1.29 is 8.85 Å². The maximum absolute atomic E-state index is 6.68. The predicted octanol–water partition coefficient (Wildman–Crippen LogP) is 7.00. The highest BCUT2D eigenvalue weighted by molar-refractivity contribution is 14.1. The van der Waals surface area contributed by atoms with Crippen LogP contribution >= 0.6 is 22.6 Å². The molecule has 1 unspecified atom stereocenters. The van der Waals surface area contributed by atoms with Crippen molar-refractivity contribution in [1.82, 2.24) is 0 Å². The highest BCUT2D eigenvalue weighted by atomic mass is 127. The van der Waals surface area contributed by atoms with Gasteiger partial charge in [0, 0.05) is 12.7 Å². The zero-order chi connectivity index (χ0) is 18.5. The first kappa shape index (κ1) is 24.1. The van der Waals surface area contributed by atoms with Gasteiger partial charge in [-0.05, 0) is 60.0 Å². The standard InChI is InChI=1S/C18H41IO2Si2/c1-17(2,3)22(7,8)20-15-13-16(12-11-14-19)21-23(9,10)18(4,5)6/h16H,11-15H2,1-10H3. The Morgan fingerprint density at radius 3 is 1.70 bits per heavy atom. The van der Waals surface area contributed by atoms with Crippen LogP contribution in [-0.2, 0) is 8.85 Å². The van der Waals surface area contributed by atoms with E-state index in [9.17, 15) is 0 Å². The van der Waals surface area contributed by atoms with Gasteiger partial charge in [0.05, 0.1) is 0 Å². The molecule has 2 nitrogen and oxygen atoms in total. The van der Waals surface area contributed by atoms with Crippen molar-refractivity contribution in [1.29, 1.82) is 0 Å². The Labute approximate surface area is 161 Å². The fraction of sp³-hybridized carbons (Fsp3) is 1.00. The predicted molar refractivity (Wildman–Crippen MR) is 118 cm³/mol. The molecule has 0 aliphatic rings. The molecular weight excluding hydrogens is 431 g/mol. The molecule has 0 aliphatic carbocycles. The van der Waals surface area contributed by atoms with Gasteiger partial charge in [0.1, 0.15) is 0 Å². The average Bonchev–Trinajstić information content (AvgIpc) is 2.32. The second-order valence-electron chi connectivity index (χ2n) is 9.73. The van der Waals surface area contributed by atoms with Crippen molar-refractivity contribution in [2.24, 2.45) is 0 Å². The Morgan fingerprint density at radius 2 is 1.30 bits per heavy atom. The summed E-state index contributed by atoms with van der Waals surface area (Å²) < 4.78 is 14.3. The van der Waals surface area contributed by atoms with Crippen molar-refractivity contribution >= 4 is 39.2 Å². The third-order valence-electron chi connectivity index (χ3n) is 5.64. The van der Waals surface area contributed by atoms with E-state index in [1.54, 1.807) is 0 Å². The van der Waals surface area contributed by atoms with E-state index in [1.807, 2.05) is 0 Å². The summed E-state index contributed by atoms with van der Waals surface area (Å²) in [6.45, 7) is 24.1. The molecule has 1 atom stereocenters. The van der Waals surface area contributed by atoms with E-state index >= 15 is 0 Å². The van der Waals surface area contributed by atoms with Crippen molar-refractivity contribution in [2.45, 2.75) is 103 Å². The van der Waals surface area contributed by atoms with E-state index in [0.29, 0.717) is 6.10 Å². The summed E-state index contributed by atoms with van der Waals surface area (Å²) in [6.07, 6.45) is 3.79. The minimum absolute atomic E-state index is 0.274. The Morgan fingerprint density at radius 1 is 0.826 bits per heavy atom. The average molecular weight is 473 g/mol. The lowest BCUT2D eigenvalue weighted by Crippen LogP contribution is -2.45. The highest BCUT2D eigenvalue weighted by Crippen LogP contribution is 2.39. The minimum Gasteiger partial charge on any atom is -0.417 e. The molecule has 0 saturated carbocycles. The van der Waals surface area contributed by atoms with E-state index < -0.39 is 16.6 Å². The van der Waals surface area contributed by atoms with Crippen molar-refractivity contribution in [3.63, 3.8) is 0 Å². The van der Waals surface area contributed by atoms with Crippen LogP contribution in [0.3, 0.4) is 0 Å². The van der Waals surface area contributed by atoms with Crippen LogP contribution in [0.5, 0.6) is 0 Å². The molecule has 23 heavy (non-hydrogen) atoms. The summed E-state index contributed by atoms with van der Waals surface area (Å²) in [5.74, 6) is 0. The third-order valence-corrected chi connectivity index (χ3v) is 15.5. The summed E-state index contributed by atoms with van der Waals surface area (Å²) in [4.78, 5) is 0. The summed E-state index contributed by atoms with van der Waals surface area (Å²) in [5, 5.41) is 0.556. The first-order valence-corrected chi connectivity index (χ1v) is 16.4. The molecule has 0 aromatic carbocycles. The van der Waals surface area contributed by atoms with Gasteiger partial charge in [-0.15, -0.1) is 0 Å². The number of hydrogen-bond donors (Lipinski definition) is 0. The zero-order valence-electron chi connectivity index (χ0n) is 17.3. The molecule has 0 bridgehead atoms.